The second-order valence-corrected chi connectivity index (χ2v) is 5.23. The van der Waals surface area contributed by atoms with Gasteiger partial charge in [0.1, 0.15) is 5.54 Å². The van der Waals surface area contributed by atoms with Crippen molar-refractivity contribution in [3.05, 3.63) is 0 Å². The van der Waals surface area contributed by atoms with Gasteiger partial charge in [0.05, 0.1) is 13.7 Å². The van der Waals surface area contributed by atoms with Crippen LogP contribution in [0.2, 0.25) is 0 Å². The highest BCUT2D eigenvalue weighted by Crippen LogP contribution is 2.33. The van der Waals surface area contributed by atoms with E-state index in [2.05, 4.69) is 11.9 Å². The molecular formula is C12H22N2O3. The summed E-state index contributed by atoms with van der Waals surface area (Å²) in [4.78, 5) is 14.0. The second kappa shape index (κ2) is 4.92. The van der Waals surface area contributed by atoms with Gasteiger partial charge in [-0.3, -0.25) is 9.69 Å². The smallest absolute Gasteiger partial charge is 0.325 e. The van der Waals surface area contributed by atoms with Crippen molar-refractivity contribution in [2.24, 2.45) is 5.73 Å². The summed E-state index contributed by atoms with van der Waals surface area (Å²) < 4.78 is 10.2. The number of methoxy groups -OCH3 is 1. The minimum Gasteiger partial charge on any atom is -0.468 e. The second-order valence-electron chi connectivity index (χ2n) is 5.23. The third kappa shape index (κ3) is 2.46. The zero-order chi connectivity index (χ0) is 12.5. The first-order valence-electron chi connectivity index (χ1n) is 6.24. The van der Waals surface area contributed by atoms with Crippen molar-refractivity contribution in [2.45, 2.75) is 43.3 Å². The summed E-state index contributed by atoms with van der Waals surface area (Å²) >= 11 is 0. The van der Waals surface area contributed by atoms with Gasteiger partial charge in [0.2, 0.25) is 0 Å². The fourth-order valence-corrected chi connectivity index (χ4v) is 2.93. The molecule has 3 unspecified atom stereocenters. The molecule has 2 fully saturated rings. The van der Waals surface area contributed by atoms with E-state index < -0.39 is 5.54 Å². The van der Waals surface area contributed by atoms with E-state index in [0.29, 0.717) is 24.9 Å². The lowest BCUT2D eigenvalue weighted by atomic mass is 9.99. The topological polar surface area (TPSA) is 64.8 Å². The normalized spacial score (nSPS) is 37.6. The van der Waals surface area contributed by atoms with Crippen molar-refractivity contribution in [1.82, 2.24) is 4.90 Å². The van der Waals surface area contributed by atoms with Gasteiger partial charge in [-0.2, -0.15) is 0 Å². The van der Waals surface area contributed by atoms with Crippen LogP contribution >= 0.6 is 0 Å². The van der Waals surface area contributed by atoms with E-state index in [1.165, 1.54) is 7.11 Å². The van der Waals surface area contributed by atoms with Crippen LogP contribution in [0.1, 0.15) is 25.7 Å². The van der Waals surface area contributed by atoms with Crippen LogP contribution in [0, 0.1) is 0 Å². The molecule has 2 aliphatic rings. The van der Waals surface area contributed by atoms with E-state index in [9.17, 15) is 4.79 Å². The molecule has 0 aromatic rings. The fourth-order valence-electron chi connectivity index (χ4n) is 2.93. The van der Waals surface area contributed by atoms with Gasteiger partial charge in [-0.25, -0.2) is 0 Å². The summed E-state index contributed by atoms with van der Waals surface area (Å²) in [5, 5.41) is 0. The van der Waals surface area contributed by atoms with Gasteiger partial charge in [-0.1, -0.05) is 0 Å². The van der Waals surface area contributed by atoms with Crippen LogP contribution in [0.4, 0.5) is 0 Å². The van der Waals surface area contributed by atoms with Crippen molar-refractivity contribution in [3.63, 3.8) is 0 Å². The van der Waals surface area contributed by atoms with Gasteiger partial charge in [0.25, 0.3) is 0 Å². The quantitative estimate of drug-likeness (QED) is 0.713. The highest BCUT2D eigenvalue weighted by atomic mass is 16.5. The summed E-state index contributed by atoms with van der Waals surface area (Å²) in [5.41, 5.74) is 5.32. The van der Waals surface area contributed by atoms with Gasteiger partial charge in [-0.05, 0) is 32.7 Å². The Hall–Kier alpha value is -0.650. The third-order valence-corrected chi connectivity index (χ3v) is 4.17. The Bertz CT molecular complexity index is 291. The molecule has 0 spiro atoms. The maximum Gasteiger partial charge on any atom is 0.325 e. The number of esters is 1. The number of hydrogen-bond donors (Lipinski definition) is 1. The highest BCUT2D eigenvalue weighted by Gasteiger charge is 2.45. The van der Waals surface area contributed by atoms with E-state index in [4.69, 9.17) is 15.2 Å². The standard InChI is InChI=1S/C12H22N2O3/c1-14(10-4-6-17-8-10)9-3-5-12(13,7-9)11(15)16-2/h9-10H,3-8,13H2,1-2H3. The van der Waals surface area contributed by atoms with E-state index in [1.807, 2.05) is 0 Å². The molecule has 5 heteroatoms. The number of likely N-dealkylation sites (N-methyl/N-ethyl adjacent to an activating group) is 1. The van der Waals surface area contributed by atoms with Crippen LogP contribution in [0.5, 0.6) is 0 Å². The molecule has 0 aromatic carbocycles. The minimum absolute atomic E-state index is 0.281. The molecule has 3 atom stereocenters. The maximum absolute atomic E-state index is 11.6. The molecule has 98 valence electrons. The zero-order valence-electron chi connectivity index (χ0n) is 10.6. The average Bonchev–Trinajstić information content (AvgIpc) is 2.96. The summed E-state index contributed by atoms with van der Waals surface area (Å²) in [5.74, 6) is -0.281. The summed E-state index contributed by atoms with van der Waals surface area (Å²) in [6.45, 7) is 1.63. The van der Waals surface area contributed by atoms with E-state index in [1.54, 1.807) is 0 Å². The molecule has 17 heavy (non-hydrogen) atoms. The summed E-state index contributed by atoms with van der Waals surface area (Å²) in [6, 6.07) is 0.839. The maximum atomic E-state index is 11.6. The Labute approximate surface area is 102 Å². The number of rotatable bonds is 3. The van der Waals surface area contributed by atoms with Crippen molar-refractivity contribution in [3.8, 4) is 0 Å². The predicted molar refractivity (Wildman–Crippen MR) is 63.6 cm³/mol. The van der Waals surface area contributed by atoms with Crippen molar-refractivity contribution >= 4 is 5.97 Å². The minimum atomic E-state index is -0.785. The number of nitrogens with zero attached hydrogens (tertiary/aromatic N) is 1. The molecule has 1 saturated carbocycles. The Morgan fingerprint density at radius 3 is 2.82 bits per heavy atom. The molecule has 1 heterocycles. The van der Waals surface area contributed by atoms with Gasteiger partial charge in [0.15, 0.2) is 0 Å². The Kier molecular flexibility index (Phi) is 3.70. The van der Waals surface area contributed by atoms with Gasteiger partial charge >= 0.3 is 5.97 Å². The highest BCUT2D eigenvalue weighted by molar-refractivity contribution is 5.81. The zero-order valence-corrected chi connectivity index (χ0v) is 10.6. The lowest BCUT2D eigenvalue weighted by molar-refractivity contribution is -0.147. The van der Waals surface area contributed by atoms with Gasteiger partial charge in [-0.15, -0.1) is 0 Å². The molecule has 2 rings (SSSR count). The van der Waals surface area contributed by atoms with Crippen LogP contribution < -0.4 is 5.73 Å². The molecular weight excluding hydrogens is 220 g/mol. The number of hydrogen-bond acceptors (Lipinski definition) is 5. The molecule has 0 radical (unpaired) electrons. The van der Waals surface area contributed by atoms with Crippen LogP contribution in [0.15, 0.2) is 0 Å². The molecule has 5 nitrogen and oxygen atoms in total. The predicted octanol–water partition coefficient (Wildman–Crippen LogP) is 0.130. The number of nitrogens with two attached hydrogens (primary N) is 1. The lowest BCUT2D eigenvalue weighted by Gasteiger charge is -2.30. The van der Waals surface area contributed by atoms with E-state index in [-0.39, 0.29) is 5.97 Å². The van der Waals surface area contributed by atoms with Gasteiger partial charge < -0.3 is 15.2 Å². The number of ether oxygens (including phenoxy) is 2. The number of carbonyl (C=O) groups excluding carboxylic acids is 1. The molecule has 1 saturated heterocycles. The van der Waals surface area contributed by atoms with E-state index in [0.717, 1.165) is 26.1 Å². The van der Waals surface area contributed by atoms with Crippen LogP contribution in [0.3, 0.4) is 0 Å². The Balaban J connectivity index is 1.94. The summed E-state index contributed by atoms with van der Waals surface area (Å²) in [7, 11) is 3.51. The van der Waals surface area contributed by atoms with Gasteiger partial charge in [0, 0.05) is 18.7 Å². The first kappa shape index (κ1) is 12.8. The Morgan fingerprint density at radius 2 is 2.24 bits per heavy atom. The Morgan fingerprint density at radius 1 is 1.47 bits per heavy atom. The van der Waals surface area contributed by atoms with Crippen molar-refractivity contribution < 1.29 is 14.3 Å². The molecule has 1 aliphatic carbocycles. The molecule has 0 amide bonds. The number of carbonyl (C=O) groups is 1. The molecule has 1 aliphatic heterocycles. The van der Waals surface area contributed by atoms with Crippen LogP contribution in [-0.4, -0.2) is 55.9 Å². The first-order valence-corrected chi connectivity index (χ1v) is 6.24. The first-order chi connectivity index (χ1) is 8.07. The third-order valence-electron chi connectivity index (χ3n) is 4.17. The van der Waals surface area contributed by atoms with Crippen molar-refractivity contribution in [1.29, 1.82) is 0 Å². The summed E-state index contributed by atoms with van der Waals surface area (Å²) in [6.07, 6.45) is 3.43. The lowest BCUT2D eigenvalue weighted by Crippen LogP contribution is -2.48. The molecule has 0 aromatic heterocycles. The van der Waals surface area contributed by atoms with Crippen LogP contribution in [-0.2, 0) is 14.3 Å². The monoisotopic (exact) mass is 242 g/mol. The SMILES string of the molecule is COC(=O)C1(N)CCC(N(C)C2CCOC2)C1. The molecule has 2 N–H and O–H groups in total. The molecule has 0 bridgehead atoms. The fraction of sp³-hybridized carbons (Fsp3) is 0.917. The average molecular weight is 242 g/mol. The van der Waals surface area contributed by atoms with E-state index >= 15 is 0 Å². The van der Waals surface area contributed by atoms with Crippen molar-refractivity contribution in [2.75, 3.05) is 27.4 Å². The largest absolute Gasteiger partial charge is 0.468 e. The van der Waals surface area contributed by atoms with Crippen LogP contribution in [0.25, 0.3) is 0 Å².